The van der Waals surface area contributed by atoms with Crippen LogP contribution < -0.4 is 10.2 Å². The van der Waals surface area contributed by atoms with E-state index in [1.807, 2.05) is 6.92 Å². The molecule has 0 aliphatic carbocycles. The third kappa shape index (κ3) is 5.51. The second-order valence-electron chi connectivity index (χ2n) is 8.59. The van der Waals surface area contributed by atoms with Gasteiger partial charge in [0.05, 0.1) is 11.8 Å². The predicted molar refractivity (Wildman–Crippen MR) is 117 cm³/mol. The Kier molecular flexibility index (Phi) is 7.22. The maximum absolute atomic E-state index is 12.7. The number of rotatable bonds is 6. The molecule has 2 heterocycles. The summed E-state index contributed by atoms with van der Waals surface area (Å²) in [6, 6.07) is 8.47. The fourth-order valence-corrected chi connectivity index (χ4v) is 5.52. The number of hydrogen-bond donors (Lipinski definition) is 1. The number of nitrogens with zero attached hydrogens (tertiary/aromatic N) is 2. The zero-order valence-electron chi connectivity index (χ0n) is 17.9. The zero-order valence-corrected chi connectivity index (χ0v) is 18.7. The summed E-state index contributed by atoms with van der Waals surface area (Å²) < 4.78 is 25.5. The minimum absolute atomic E-state index is 0.0278. The summed E-state index contributed by atoms with van der Waals surface area (Å²) in [5.74, 6) is 0.767. The maximum Gasteiger partial charge on any atom is 0.223 e. The first kappa shape index (κ1) is 22.1. The Morgan fingerprint density at radius 2 is 1.79 bits per heavy atom. The number of nitrogens with one attached hydrogen (secondary N) is 1. The minimum Gasteiger partial charge on any atom is -0.371 e. The van der Waals surface area contributed by atoms with Crippen molar-refractivity contribution in [2.75, 3.05) is 36.8 Å². The van der Waals surface area contributed by atoms with Crippen molar-refractivity contribution in [3.63, 3.8) is 0 Å². The molecule has 29 heavy (non-hydrogen) atoms. The van der Waals surface area contributed by atoms with Crippen LogP contribution in [0.15, 0.2) is 24.3 Å². The Morgan fingerprint density at radius 3 is 2.38 bits per heavy atom. The second-order valence-corrected chi connectivity index (χ2v) is 10.8. The van der Waals surface area contributed by atoms with Crippen LogP contribution >= 0.6 is 0 Å². The van der Waals surface area contributed by atoms with E-state index in [0.717, 1.165) is 24.6 Å². The second kappa shape index (κ2) is 9.47. The molecule has 0 spiro atoms. The molecule has 0 unspecified atom stereocenters. The van der Waals surface area contributed by atoms with Gasteiger partial charge in [0, 0.05) is 37.8 Å². The van der Waals surface area contributed by atoms with Gasteiger partial charge in [0.2, 0.25) is 15.9 Å². The van der Waals surface area contributed by atoms with Crippen LogP contribution in [0.1, 0.15) is 58.1 Å². The van der Waals surface area contributed by atoms with E-state index in [1.165, 1.54) is 22.8 Å². The van der Waals surface area contributed by atoms with Gasteiger partial charge in [-0.15, -0.1) is 0 Å². The number of piperidine rings is 2. The highest BCUT2D eigenvalue weighted by Gasteiger charge is 2.30. The molecule has 6 nitrogen and oxygen atoms in total. The number of amides is 1. The molecule has 1 amide bonds. The first-order chi connectivity index (χ1) is 13.8. The molecule has 2 fully saturated rings. The molecule has 1 aromatic carbocycles. The van der Waals surface area contributed by atoms with E-state index >= 15 is 0 Å². The normalized spacial score (nSPS) is 23.0. The molecule has 0 bridgehead atoms. The van der Waals surface area contributed by atoms with E-state index in [9.17, 15) is 13.2 Å². The van der Waals surface area contributed by atoms with Gasteiger partial charge in [-0.2, -0.15) is 0 Å². The lowest BCUT2D eigenvalue weighted by Crippen LogP contribution is -2.43. The number of sulfonamides is 1. The highest BCUT2D eigenvalue weighted by molar-refractivity contribution is 7.89. The van der Waals surface area contributed by atoms with Gasteiger partial charge in [-0.05, 0) is 63.1 Å². The Balaban J connectivity index is 1.52. The van der Waals surface area contributed by atoms with Crippen LogP contribution in [0.4, 0.5) is 5.69 Å². The zero-order chi connectivity index (χ0) is 21.0. The number of benzene rings is 1. The number of carbonyl (C=O) groups is 1. The third-order valence-corrected chi connectivity index (χ3v) is 8.24. The van der Waals surface area contributed by atoms with Gasteiger partial charge in [0.25, 0.3) is 0 Å². The van der Waals surface area contributed by atoms with Crippen molar-refractivity contribution >= 4 is 21.6 Å². The third-order valence-electron chi connectivity index (χ3n) is 6.36. The fraction of sp³-hybridized carbons (Fsp3) is 0.682. The quantitative estimate of drug-likeness (QED) is 0.766. The summed E-state index contributed by atoms with van der Waals surface area (Å²) in [7, 11) is -3.16. The number of anilines is 1. The van der Waals surface area contributed by atoms with Gasteiger partial charge in [-0.3, -0.25) is 4.79 Å². The van der Waals surface area contributed by atoms with Gasteiger partial charge >= 0.3 is 0 Å². The van der Waals surface area contributed by atoms with E-state index in [-0.39, 0.29) is 23.6 Å². The molecule has 1 aromatic rings. The SMILES string of the molecule is CCS(=O)(=O)N1CCC(C(=O)N[C@H](C)c2ccc(N3CCC[C@H](C)C3)cc2)CC1. The Bertz CT molecular complexity index is 786. The standard InChI is InChI=1S/C22H35N3O3S/c1-4-29(27,28)25-14-11-20(12-15-25)22(26)23-18(3)19-7-9-21(10-8-19)24-13-5-6-17(2)16-24/h7-10,17-18,20H,4-6,11-16H2,1-3H3,(H,23,26)/t17-,18+/m0/s1. The Labute approximate surface area is 175 Å². The molecule has 3 rings (SSSR count). The molecule has 7 heteroatoms. The maximum atomic E-state index is 12.7. The summed E-state index contributed by atoms with van der Waals surface area (Å²) >= 11 is 0. The fourth-order valence-electron chi connectivity index (χ4n) is 4.39. The van der Waals surface area contributed by atoms with Crippen molar-refractivity contribution in [1.29, 1.82) is 0 Å². The summed E-state index contributed by atoms with van der Waals surface area (Å²) in [4.78, 5) is 15.1. The predicted octanol–water partition coefficient (Wildman–Crippen LogP) is 3.16. The highest BCUT2D eigenvalue weighted by Crippen LogP contribution is 2.25. The molecule has 1 N–H and O–H groups in total. The lowest BCUT2D eigenvalue weighted by molar-refractivity contribution is -0.126. The molecule has 2 atom stereocenters. The van der Waals surface area contributed by atoms with Crippen molar-refractivity contribution in [2.24, 2.45) is 11.8 Å². The average Bonchev–Trinajstić information content (AvgIpc) is 2.74. The summed E-state index contributed by atoms with van der Waals surface area (Å²) in [5.41, 5.74) is 2.35. The monoisotopic (exact) mass is 421 g/mol. The van der Waals surface area contributed by atoms with E-state index in [2.05, 4.69) is 41.4 Å². The lowest BCUT2D eigenvalue weighted by atomic mass is 9.96. The molecular formula is C22H35N3O3S. The van der Waals surface area contributed by atoms with Crippen molar-refractivity contribution in [1.82, 2.24) is 9.62 Å². The van der Waals surface area contributed by atoms with Crippen molar-refractivity contribution in [2.45, 2.75) is 52.5 Å². The summed E-state index contributed by atoms with van der Waals surface area (Å²) in [6.07, 6.45) is 3.72. The van der Waals surface area contributed by atoms with Crippen LogP contribution in [0, 0.1) is 11.8 Å². The van der Waals surface area contributed by atoms with Gasteiger partial charge < -0.3 is 10.2 Å². The lowest BCUT2D eigenvalue weighted by Gasteiger charge is -2.33. The molecule has 162 valence electrons. The van der Waals surface area contributed by atoms with Gasteiger partial charge in [-0.1, -0.05) is 19.1 Å². The van der Waals surface area contributed by atoms with E-state index in [4.69, 9.17) is 0 Å². The Morgan fingerprint density at radius 1 is 1.14 bits per heavy atom. The molecule has 0 radical (unpaired) electrons. The van der Waals surface area contributed by atoms with Crippen LogP contribution in [0.3, 0.4) is 0 Å². The highest BCUT2D eigenvalue weighted by atomic mass is 32.2. The Hall–Kier alpha value is -1.60. The van der Waals surface area contributed by atoms with E-state index in [0.29, 0.717) is 25.9 Å². The first-order valence-corrected chi connectivity index (χ1v) is 12.5. The summed E-state index contributed by atoms with van der Waals surface area (Å²) in [5, 5.41) is 3.12. The molecule has 2 aliphatic heterocycles. The van der Waals surface area contributed by atoms with Gasteiger partial charge in [0.1, 0.15) is 0 Å². The van der Waals surface area contributed by atoms with Crippen LogP contribution in [-0.2, 0) is 14.8 Å². The topological polar surface area (TPSA) is 69.7 Å². The number of carbonyl (C=O) groups excluding carboxylic acids is 1. The minimum atomic E-state index is -3.16. The van der Waals surface area contributed by atoms with Gasteiger partial charge in [0.15, 0.2) is 0 Å². The molecule has 0 aromatic heterocycles. The first-order valence-electron chi connectivity index (χ1n) is 10.9. The van der Waals surface area contributed by atoms with Crippen LogP contribution in [-0.4, -0.2) is 50.6 Å². The van der Waals surface area contributed by atoms with Crippen molar-refractivity contribution < 1.29 is 13.2 Å². The van der Waals surface area contributed by atoms with Crippen LogP contribution in [0.2, 0.25) is 0 Å². The van der Waals surface area contributed by atoms with Crippen molar-refractivity contribution in [3.05, 3.63) is 29.8 Å². The molecule has 2 aliphatic rings. The van der Waals surface area contributed by atoms with Crippen molar-refractivity contribution in [3.8, 4) is 0 Å². The largest absolute Gasteiger partial charge is 0.371 e. The van der Waals surface area contributed by atoms with E-state index in [1.54, 1.807) is 6.92 Å². The smallest absolute Gasteiger partial charge is 0.223 e. The summed E-state index contributed by atoms with van der Waals surface area (Å²) in [6.45, 7) is 9.07. The van der Waals surface area contributed by atoms with E-state index < -0.39 is 10.0 Å². The number of hydrogen-bond acceptors (Lipinski definition) is 4. The van der Waals surface area contributed by atoms with Crippen LogP contribution in [0.5, 0.6) is 0 Å². The average molecular weight is 422 g/mol. The van der Waals surface area contributed by atoms with Gasteiger partial charge in [-0.25, -0.2) is 12.7 Å². The van der Waals surface area contributed by atoms with Crippen LogP contribution in [0.25, 0.3) is 0 Å². The molecule has 0 saturated carbocycles. The molecular weight excluding hydrogens is 386 g/mol. The molecule has 2 saturated heterocycles.